The Hall–Kier alpha value is -2.38. The summed E-state index contributed by atoms with van der Waals surface area (Å²) in [7, 11) is -3.55. The smallest absolute Gasteiger partial charge is 0.335 e. The normalized spacial score (nSPS) is 19.3. The van der Waals surface area contributed by atoms with Crippen LogP contribution in [0, 0.1) is 0 Å². The Morgan fingerprint density at radius 3 is 2.12 bits per heavy atom. The van der Waals surface area contributed by atoms with Gasteiger partial charge in [0.1, 0.15) is 23.2 Å². The van der Waals surface area contributed by atoms with Crippen molar-refractivity contribution in [1.82, 2.24) is 4.72 Å². The number of aliphatic carboxylic acids is 1. The van der Waals surface area contributed by atoms with E-state index < -0.39 is 46.3 Å². The van der Waals surface area contributed by atoms with Crippen LogP contribution in [0.1, 0.15) is 10.4 Å². The van der Waals surface area contributed by atoms with Crippen molar-refractivity contribution in [2.75, 3.05) is 0 Å². The third-order valence-electron chi connectivity index (χ3n) is 3.06. The number of hydrogen-bond acceptors (Lipinski definition) is 9. The Bertz CT molecular complexity index is 762. The molecule has 25 heavy (non-hydrogen) atoms. The second-order valence-electron chi connectivity index (χ2n) is 4.82. The van der Waals surface area contributed by atoms with Crippen molar-refractivity contribution in [2.24, 2.45) is 0 Å². The van der Waals surface area contributed by atoms with Gasteiger partial charge in [0, 0.05) is 0 Å². The molecular formula is C13H15NO10S. The molecule has 0 saturated heterocycles. The maximum atomic E-state index is 11.1. The van der Waals surface area contributed by atoms with Crippen LogP contribution in [0.25, 0.3) is 0 Å². The number of nitrogens with one attached hydrogen (secondary N) is 1. The summed E-state index contributed by atoms with van der Waals surface area (Å²) >= 11 is 0. The molecule has 0 unspecified atom stereocenters. The molecule has 1 aliphatic heterocycles. The topological polar surface area (TPSA) is 199 Å². The first-order valence-electron chi connectivity index (χ1n) is 6.59. The minimum absolute atomic E-state index is 0.0648. The molecule has 1 aromatic carbocycles. The van der Waals surface area contributed by atoms with Crippen molar-refractivity contribution in [1.29, 1.82) is 0 Å². The summed E-state index contributed by atoms with van der Waals surface area (Å²) in [6, 6.07) is 6.09. The van der Waals surface area contributed by atoms with Crippen LogP contribution >= 0.6 is 0 Å². The number of amides is 1. The van der Waals surface area contributed by atoms with Crippen LogP contribution in [0.15, 0.2) is 29.2 Å². The van der Waals surface area contributed by atoms with E-state index in [2.05, 4.69) is 0 Å². The number of aldehydes is 1. The molecule has 11 nitrogen and oxygen atoms in total. The lowest BCUT2D eigenvalue weighted by atomic mass is 10.0. The van der Waals surface area contributed by atoms with Gasteiger partial charge >= 0.3 is 5.97 Å². The number of benzene rings is 1. The van der Waals surface area contributed by atoms with E-state index in [1.165, 1.54) is 12.1 Å². The predicted molar refractivity (Wildman–Crippen MR) is 78.8 cm³/mol. The molecule has 1 heterocycles. The molecule has 0 bridgehead atoms. The van der Waals surface area contributed by atoms with Crippen molar-refractivity contribution in [3.8, 4) is 0 Å². The zero-order chi connectivity index (χ0) is 19.4. The molecule has 0 radical (unpaired) electrons. The van der Waals surface area contributed by atoms with Gasteiger partial charge in [-0.1, -0.05) is 12.1 Å². The summed E-state index contributed by atoms with van der Waals surface area (Å²) in [6.07, 6.45) is -8.39. The van der Waals surface area contributed by atoms with E-state index in [1.54, 1.807) is 12.1 Å². The first-order valence-corrected chi connectivity index (χ1v) is 8.07. The molecule has 0 aliphatic carbocycles. The second-order valence-corrected chi connectivity index (χ2v) is 6.47. The van der Waals surface area contributed by atoms with Gasteiger partial charge in [-0.3, -0.25) is 4.79 Å². The fourth-order valence-electron chi connectivity index (χ4n) is 1.74. The molecule has 1 aromatic rings. The van der Waals surface area contributed by atoms with Crippen LogP contribution in [0.2, 0.25) is 0 Å². The molecule has 1 aliphatic rings. The number of carboxylic acids is 1. The third kappa shape index (κ3) is 4.80. The van der Waals surface area contributed by atoms with Crippen molar-refractivity contribution in [3.05, 3.63) is 29.8 Å². The van der Waals surface area contributed by atoms with Gasteiger partial charge in [0.05, 0.1) is 5.56 Å². The molecular weight excluding hydrogens is 362 g/mol. The largest absolute Gasteiger partial charge is 0.479 e. The molecule has 2 rings (SSSR count). The molecule has 6 N–H and O–H groups in total. The lowest BCUT2D eigenvalue weighted by Gasteiger charge is -2.21. The van der Waals surface area contributed by atoms with Crippen molar-refractivity contribution < 1.29 is 48.3 Å². The average molecular weight is 377 g/mol. The Labute approximate surface area is 141 Å². The standard InChI is InChI=1S/C7H5NO3S.C6H10O7/c9-7-5-3-1-2-4-6(5)12(10,11)8-7;7-1-2(8)3(9)4(10)5(11)6(12)13/h1-4H,(H,8,9);1-5,8-11H,(H,12,13)/t;2-,3-,4+,5-/m.0/s1. The number of carbonyl (C=O) groups excluding carboxylic acids is 2. The minimum atomic E-state index is -3.55. The quantitative estimate of drug-likeness (QED) is 0.284. The molecule has 0 fully saturated rings. The van der Waals surface area contributed by atoms with E-state index >= 15 is 0 Å². The van der Waals surface area contributed by atoms with E-state index in [9.17, 15) is 22.8 Å². The Balaban J connectivity index is 0.000000250. The number of rotatable bonds is 5. The molecule has 0 saturated carbocycles. The summed E-state index contributed by atoms with van der Waals surface area (Å²) in [4.78, 5) is 31.0. The number of aliphatic hydroxyl groups excluding tert-OH is 4. The average Bonchev–Trinajstić information content (AvgIpc) is 2.82. The van der Waals surface area contributed by atoms with E-state index in [4.69, 9.17) is 25.5 Å². The van der Waals surface area contributed by atoms with Crippen LogP contribution in [0.3, 0.4) is 0 Å². The maximum Gasteiger partial charge on any atom is 0.335 e. The fourth-order valence-corrected chi connectivity index (χ4v) is 2.91. The van der Waals surface area contributed by atoms with Gasteiger partial charge in [-0.25, -0.2) is 17.9 Å². The van der Waals surface area contributed by atoms with Crippen molar-refractivity contribution in [3.63, 3.8) is 0 Å². The fraction of sp³-hybridized carbons (Fsp3) is 0.308. The number of carbonyl (C=O) groups is 3. The van der Waals surface area contributed by atoms with Gasteiger partial charge in [-0.2, -0.15) is 0 Å². The van der Waals surface area contributed by atoms with Gasteiger partial charge in [-0.15, -0.1) is 0 Å². The van der Waals surface area contributed by atoms with Gasteiger partial charge in [-0.05, 0) is 12.1 Å². The van der Waals surface area contributed by atoms with Crippen LogP contribution in [0.4, 0.5) is 0 Å². The molecule has 0 spiro atoms. The highest BCUT2D eigenvalue weighted by molar-refractivity contribution is 7.90. The maximum absolute atomic E-state index is 11.1. The van der Waals surface area contributed by atoms with E-state index in [0.29, 0.717) is 0 Å². The number of carboxylic acid groups (broad SMARTS) is 1. The number of aliphatic hydroxyl groups is 4. The minimum Gasteiger partial charge on any atom is -0.479 e. The summed E-state index contributed by atoms with van der Waals surface area (Å²) in [5.41, 5.74) is 0.220. The second kappa shape index (κ2) is 8.13. The van der Waals surface area contributed by atoms with E-state index in [-0.39, 0.29) is 16.7 Å². The molecule has 0 aromatic heterocycles. The predicted octanol–water partition coefficient (Wildman–Crippen LogP) is -3.17. The lowest BCUT2D eigenvalue weighted by Crippen LogP contribution is -2.48. The number of fused-ring (bicyclic) bond motifs is 1. The first kappa shape index (κ1) is 20.7. The first-order chi connectivity index (χ1) is 11.5. The van der Waals surface area contributed by atoms with Crippen molar-refractivity contribution in [2.45, 2.75) is 29.3 Å². The third-order valence-corrected chi connectivity index (χ3v) is 4.45. The van der Waals surface area contributed by atoms with Gasteiger partial charge in [0.25, 0.3) is 15.9 Å². The van der Waals surface area contributed by atoms with E-state index in [1.807, 2.05) is 4.72 Å². The Morgan fingerprint density at radius 1 is 1.08 bits per heavy atom. The molecule has 138 valence electrons. The highest BCUT2D eigenvalue weighted by atomic mass is 32.2. The zero-order valence-corrected chi connectivity index (χ0v) is 13.2. The monoisotopic (exact) mass is 377 g/mol. The van der Waals surface area contributed by atoms with Crippen LogP contribution in [-0.2, 0) is 19.6 Å². The van der Waals surface area contributed by atoms with E-state index in [0.717, 1.165) is 0 Å². The van der Waals surface area contributed by atoms with Crippen molar-refractivity contribution >= 4 is 28.2 Å². The zero-order valence-electron chi connectivity index (χ0n) is 12.4. The van der Waals surface area contributed by atoms with Crippen LogP contribution in [0.5, 0.6) is 0 Å². The molecule has 12 heteroatoms. The lowest BCUT2D eigenvalue weighted by molar-refractivity contribution is -0.163. The van der Waals surface area contributed by atoms with Gasteiger partial charge in [0.2, 0.25) is 0 Å². The van der Waals surface area contributed by atoms with Gasteiger partial charge < -0.3 is 30.3 Å². The molecule has 1 amide bonds. The van der Waals surface area contributed by atoms with Crippen LogP contribution in [-0.4, -0.2) is 76.5 Å². The molecule has 4 atom stereocenters. The van der Waals surface area contributed by atoms with Crippen LogP contribution < -0.4 is 4.72 Å². The Morgan fingerprint density at radius 2 is 1.64 bits per heavy atom. The van der Waals surface area contributed by atoms with Gasteiger partial charge in [0.15, 0.2) is 12.4 Å². The highest BCUT2D eigenvalue weighted by Gasteiger charge is 2.34. The summed E-state index contributed by atoms with van der Waals surface area (Å²) in [5, 5.41) is 43.2. The Kier molecular flexibility index (Phi) is 6.72. The summed E-state index contributed by atoms with van der Waals surface area (Å²) < 4.78 is 24.2. The number of sulfonamides is 1. The summed E-state index contributed by atoms with van der Waals surface area (Å²) in [6.45, 7) is 0. The SMILES string of the molecule is O=C1NS(=O)(=O)c2ccccc21.O=C[C@H](O)[C@H](O)[C@@H](O)[C@H](O)C(=O)O. The number of hydrogen-bond donors (Lipinski definition) is 6. The highest BCUT2D eigenvalue weighted by Crippen LogP contribution is 2.20. The summed E-state index contributed by atoms with van der Waals surface area (Å²) in [5.74, 6) is -2.31.